The molecule has 1 amide bonds. The van der Waals surface area contributed by atoms with Gasteiger partial charge in [0.15, 0.2) is 11.5 Å². The van der Waals surface area contributed by atoms with Crippen LogP contribution in [0.2, 0.25) is 5.02 Å². The summed E-state index contributed by atoms with van der Waals surface area (Å²) in [4.78, 5) is 24.5. The third-order valence-electron chi connectivity index (χ3n) is 3.56. The molecule has 10 heteroatoms. The fourth-order valence-corrected chi connectivity index (χ4v) is 3.12. The van der Waals surface area contributed by atoms with E-state index in [0.717, 1.165) is 17.5 Å². The van der Waals surface area contributed by atoms with Crippen molar-refractivity contribution in [2.24, 2.45) is 0 Å². The number of nitrogens with one attached hydrogen (secondary N) is 1. The van der Waals surface area contributed by atoms with Gasteiger partial charge in [-0.25, -0.2) is 4.68 Å². The van der Waals surface area contributed by atoms with Crippen molar-refractivity contribution >= 4 is 34.6 Å². The highest BCUT2D eigenvalue weighted by Gasteiger charge is 2.40. The summed E-state index contributed by atoms with van der Waals surface area (Å²) in [6.45, 7) is -0.577. The van der Waals surface area contributed by atoms with E-state index in [1.54, 1.807) is 17.5 Å². The smallest absolute Gasteiger partial charge is 0.344 e. The monoisotopic (exact) mass is 413 g/mol. The van der Waals surface area contributed by atoms with Gasteiger partial charge in [0.25, 0.3) is 5.91 Å². The molecular formula is C17H11ClF3N3O2S. The lowest BCUT2D eigenvalue weighted by atomic mass is 10.1. The number of rotatable bonds is 5. The number of Topliss-reactive ketones (excluding diaryl/α,β-unsaturated/α-hetero) is 1. The zero-order valence-corrected chi connectivity index (χ0v) is 15.0. The third-order valence-corrected chi connectivity index (χ3v) is 4.68. The molecule has 1 aromatic carbocycles. The van der Waals surface area contributed by atoms with E-state index in [0.29, 0.717) is 14.6 Å². The molecule has 27 heavy (non-hydrogen) atoms. The molecule has 140 valence electrons. The van der Waals surface area contributed by atoms with Crippen molar-refractivity contribution in [3.05, 3.63) is 69.1 Å². The molecule has 3 rings (SSSR count). The van der Waals surface area contributed by atoms with Crippen LogP contribution in [0.15, 0.2) is 48.0 Å². The van der Waals surface area contributed by atoms with Crippen LogP contribution in [0.4, 0.5) is 13.2 Å². The molecule has 3 aromatic rings. The van der Waals surface area contributed by atoms with E-state index < -0.39 is 35.7 Å². The second-order valence-corrected chi connectivity index (χ2v) is 6.76. The molecule has 0 radical (unpaired) electrons. The lowest BCUT2D eigenvalue weighted by Crippen LogP contribution is -2.30. The number of halogens is 4. The van der Waals surface area contributed by atoms with Gasteiger partial charge in [0.1, 0.15) is 0 Å². The van der Waals surface area contributed by atoms with Crippen LogP contribution >= 0.6 is 22.9 Å². The van der Waals surface area contributed by atoms with Crippen molar-refractivity contribution in [1.29, 1.82) is 0 Å². The highest BCUT2D eigenvalue weighted by molar-refractivity contribution is 7.12. The zero-order valence-electron chi connectivity index (χ0n) is 13.5. The zero-order chi connectivity index (χ0) is 19.6. The minimum absolute atomic E-state index is 0.105. The minimum Gasteiger partial charge on any atom is -0.344 e. The fraction of sp³-hybridized carbons (Fsp3) is 0.118. The van der Waals surface area contributed by atoms with E-state index in [9.17, 15) is 22.8 Å². The van der Waals surface area contributed by atoms with E-state index in [2.05, 4.69) is 10.4 Å². The normalized spacial score (nSPS) is 11.4. The Morgan fingerprint density at radius 2 is 1.89 bits per heavy atom. The third kappa shape index (κ3) is 4.20. The molecule has 0 aliphatic carbocycles. The predicted octanol–water partition coefficient (Wildman–Crippen LogP) is 4.22. The van der Waals surface area contributed by atoms with E-state index in [1.165, 1.54) is 24.3 Å². The van der Waals surface area contributed by atoms with Crippen LogP contribution in [0, 0.1) is 0 Å². The molecule has 0 atom stereocenters. The first-order valence-electron chi connectivity index (χ1n) is 7.53. The van der Waals surface area contributed by atoms with Crippen LogP contribution in [0.25, 0.3) is 5.69 Å². The van der Waals surface area contributed by atoms with Crippen molar-refractivity contribution in [1.82, 2.24) is 15.1 Å². The Balaban J connectivity index is 1.87. The number of ketones is 1. The predicted molar refractivity (Wildman–Crippen MR) is 94.6 cm³/mol. The fourth-order valence-electron chi connectivity index (χ4n) is 2.35. The summed E-state index contributed by atoms with van der Waals surface area (Å²) in [5.74, 6) is -1.43. The molecule has 5 nitrogen and oxygen atoms in total. The summed E-state index contributed by atoms with van der Waals surface area (Å²) < 4.78 is 41.3. The van der Waals surface area contributed by atoms with Gasteiger partial charge in [-0.3, -0.25) is 9.59 Å². The van der Waals surface area contributed by atoms with E-state index in [-0.39, 0.29) is 5.69 Å². The summed E-state index contributed by atoms with van der Waals surface area (Å²) in [6.07, 6.45) is -3.98. The molecule has 0 saturated heterocycles. The van der Waals surface area contributed by atoms with Gasteiger partial charge in [0.05, 0.1) is 28.9 Å². The summed E-state index contributed by atoms with van der Waals surface area (Å²) in [6, 6.07) is 8.75. The molecule has 2 aromatic heterocycles. The second kappa shape index (κ2) is 7.53. The van der Waals surface area contributed by atoms with Gasteiger partial charge >= 0.3 is 6.18 Å². The van der Waals surface area contributed by atoms with E-state index >= 15 is 0 Å². The number of aromatic nitrogens is 2. The topological polar surface area (TPSA) is 64.0 Å². The molecule has 0 aliphatic rings. The molecule has 2 heterocycles. The van der Waals surface area contributed by atoms with E-state index in [1.807, 2.05) is 0 Å². The van der Waals surface area contributed by atoms with Gasteiger partial charge in [-0.1, -0.05) is 17.7 Å². The Morgan fingerprint density at radius 3 is 2.48 bits per heavy atom. The van der Waals surface area contributed by atoms with Gasteiger partial charge in [-0.2, -0.15) is 18.3 Å². The summed E-state index contributed by atoms with van der Waals surface area (Å²) in [5, 5.41) is 8.05. The highest BCUT2D eigenvalue weighted by Crippen LogP contribution is 2.34. The average Bonchev–Trinajstić information content (AvgIpc) is 3.29. The summed E-state index contributed by atoms with van der Waals surface area (Å²) in [7, 11) is 0. The second-order valence-electron chi connectivity index (χ2n) is 5.38. The summed E-state index contributed by atoms with van der Waals surface area (Å²) >= 11 is 6.91. The van der Waals surface area contributed by atoms with Crippen molar-refractivity contribution in [3.63, 3.8) is 0 Å². The molecular weight excluding hydrogens is 403 g/mol. The van der Waals surface area contributed by atoms with Crippen molar-refractivity contribution in [3.8, 4) is 5.69 Å². The van der Waals surface area contributed by atoms with Gasteiger partial charge in [0.2, 0.25) is 0 Å². The lowest BCUT2D eigenvalue weighted by molar-refractivity contribution is -0.143. The van der Waals surface area contributed by atoms with Crippen LogP contribution in [0.3, 0.4) is 0 Å². The maximum absolute atomic E-state index is 13.6. The Kier molecular flexibility index (Phi) is 5.33. The molecule has 0 spiro atoms. The highest BCUT2D eigenvalue weighted by atomic mass is 35.5. The first-order valence-corrected chi connectivity index (χ1v) is 8.79. The number of carbonyl (C=O) groups excluding carboxylic acids is 2. The number of hydrogen-bond acceptors (Lipinski definition) is 4. The van der Waals surface area contributed by atoms with Crippen LogP contribution in [-0.2, 0) is 6.18 Å². The van der Waals surface area contributed by atoms with E-state index in [4.69, 9.17) is 11.6 Å². The molecule has 0 fully saturated rings. The quantitative estimate of drug-likeness (QED) is 0.637. The number of nitrogens with zero attached hydrogens (tertiary/aromatic N) is 2. The van der Waals surface area contributed by atoms with Crippen LogP contribution < -0.4 is 5.32 Å². The van der Waals surface area contributed by atoms with Gasteiger partial charge in [-0.05, 0) is 35.7 Å². The van der Waals surface area contributed by atoms with Gasteiger partial charge < -0.3 is 5.32 Å². The molecule has 0 unspecified atom stereocenters. The van der Waals surface area contributed by atoms with Crippen LogP contribution in [-0.4, -0.2) is 28.0 Å². The Bertz CT molecular complexity index is 966. The number of hydrogen-bond donors (Lipinski definition) is 1. The number of thiophene rings is 1. The molecule has 0 saturated carbocycles. The molecule has 0 aliphatic heterocycles. The maximum Gasteiger partial charge on any atom is 0.434 e. The Morgan fingerprint density at radius 1 is 1.19 bits per heavy atom. The van der Waals surface area contributed by atoms with Gasteiger partial charge in [-0.15, -0.1) is 11.3 Å². The van der Waals surface area contributed by atoms with Crippen molar-refractivity contribution in [2.45, 2.75) is 6.18 Å². The first kappa shape index (κ1) is 19.1. The number of alkyl halides is 3. The van der Waals surface area contributed by atoms with Crippen LogP contribution in [0.5, 0.6) is 0 Å². The van der Waals surface area contributed by atoms with Crippen LogP contribution in [0.1, 0.15) is 25.7 Å². The average molecular weight is 414 g/mol. The number of benzene rings is 1. The van der Waals surface area contributed by atoms with Crippen molar-refractivity contribution < 1.29 is 22.8 Å². The standard InChI is InChI=1S/C17H11ClF3N3O2S/c18-10-3-5-11(6-4-10)24-15(17(19,20)21)12(8-23-24)13(25)9-22-16(26)14-2-1-7-27-14/h1-8H,9H2,(H,22,26). The number of carbonyl (C=O) groups is 2. The first-order chi connectivity index (χ1) is 12.8. The largest absolute Gasteiger partial charge is 0.434 e. The van der Waals surface area contributed by atoms with Crippen molar-refractivity contribution in [2.75, 3.05) is 6.54 Å². The Hall–Kier alpha value is -2.65. The van der Waals surface area contributed by atoms with Gasteiger partial charge in [0, 0.05) is 5.02 Å². The number of amides is 1. The Labute approximate surface area is 160 Å². The maximum atomic E-state index is 13.6. The lowest BCUT2D eigenvalue weighted by Gasteiger charge is -2.12. The minimum atomic E-state index is -4.82. The molecule has 1 N–H and O–H groups in total. The SMILES string of the molecule is O=C(NCC(=O)c1cnn(-c2ccc(Cl)cc2)c1C(F)(F)F)c1cccs1. The molecule has 0 bridgehead atoms. The summed E-state index contributed by atoms with van der Waals surface area (Å²) in [5.41, 5.74) is -1.72.